The van der Waals surface area contributed by atoms with E-state index in [1.807, 2.05) is 26.0 Å². The second kappa shape index (κ2) is 10.7. The smallest absolute Gasteiger partial charge is 0.408 e. The summed E-state index contributed by atoms with van der Waals surface area (Å²) in [5.41, 5.74) is 1.19. The van der Waals surface area contributed by atoms with Gasteiger partial charge in [0.2, 0.25) is 5.91 Å². The normalized spacial score (nSPS) is 14.7. The molecule has 2 rings (SSSR count). The number of rotatable bonds is 6. The molecule has 31 heavy (non-hydrogen) atoms. The molecule has 1 fully saturated rings. The van der Waals surface area contributed by atoms with Gasteiger partial charge in [0.05, 0.1) is 0 Å². The van der Waals surface area contributed by atoms with Crippen LogP contribution in [0.3, 0.4) is 0 Å². The molecule has 2 N–H and O–H groups in total. The number of ether oxygens (including phenoxy) is 2. The third-order valence-corrected chi connectivity index (χ3v) is 5.37. The van der Waals surface area contributed by atoms with E-state index >= 15 is 0 Å². The monoisotopic (exact) mass is 453 g/mol. The van der Waals surface area contributed by atoms with E-state index in [2.05, 4.69) is 10.6 Å². The van der Waals surface area contributed by atoms with E-state index in [0.717, 1.165) is 11.1 Å². The molecule has 3 amide bonds. The topological polar surface area (TPSA) is 97.0 Å². The zero-order chi connectivity index (χ0) is 23.2. The van der Waals surface area contributed by atoms with Crippen molar-refractivity contribution in [2.24, 2.45) is 0 Å². The highest BCUT2D eigenvalue weighted by Crippen LogP contribution is 2.26. The van der Waals surface area contributed by atoms with Crippen molar-refractivity contribution in [2.75, 3.05) is 26.2 Å². The van der Waals surface area contributed by atoms with Crippen LogP contribution < -0.4 is 15.4 Å². The molecule has 0 atom stereocenters. The van der Waals surface area contributed by atoms with E-state index in [9.17, 15) is 14.4 Å². The maximum absolute atomic E-state index is 12.5. The Morgan fingerprint density at radius 2 is 1.71 bits per heavy atom. The van der Waals surface area contributed by atoms with Gasteiger partial charge in [-0.3, -0.25) is 9.59 Å². The second-order valence-corrected chi connectivity index (χ2v) is 9.12. The van der Waals surface area contributed by atoms with E-state index in [4.69, 9.17) is 21.1 Å². The SMILES string of the molecule is Cc1cc(OCC(=O)N2CCC(NC(=O)CNC(=O)OC(C)(C)C)CC2)cc(C)c1Cl. The number of nitrogens with zero attached hydrogens (tertiary/aromatic N) is 1. The summed E-state index contributed by atoms with van der Waals surface area (Å²) in [6, 6.07) is 3.59. The first kappa shape index (κ1) is 24.8. The van der Waals surface area contributed by atoms with Gasteiger partial charge >= 0.3 is 6.09 Å². The number of hydrogen-bond donors (Lipinski definition) is 2. The Morgan fingerprint density at radius 1 is 1.13 bits per heavy atom. The number of carbonyl (C=O) groups is 3. The first-order valence-corrected chi connectivity index (χ1v) is 10.8. The average Bonchev–Trinajstić information content (AvgIpc) is 2.68. The molecule has 1 aromatic carbocycles. The molecule has 9 heteroatoms. The Bertz CT molecular complexity index is 791. The van der Waals surface area contributed by atoms with Gasteiger partial charge in [-0.05, 0) is 70.7 Å². The fraction of sp³-hybridized carbons (Fsp3) is 0.591. The maximum atomic E-state index is 12.5. The molecule has 0 saturated carbocycles. The summed E-state index contributed by atoms with van der Waals surface area (Å²) in [6.45, 7) is 9.92. The number of amides is 3. The minimum atomic E-state index is -0.630. The highest BCUT2D eigenvalue weighted by molar-refractivity contribution is 6.32. The van der Waals surface area contributed by atoms with Crippen molar-refractivity contribution < 1.29 is 23.9 Å². The molecular weight excluding hydrogens is 422 g/mol. The number of piperidine rings is 1. The molecule has 1 aromatic rings. The zero-order valence-corrected chi connectivity index (χ0v) is 19.6. The summed E-state index contributed by atoms with van der Waals surface area (Å²) in [5, 5.41) is 6.02. The summed E-state index contributed by atoms with van der Waals surface area (Å²) in [6.07, 6.45) is 0.653. The van der Waals surface area contributed by atoms with Gasteiger partial charge < -0.3 is 25.0 Å². The van der Waals surface area contributed by atoms with Crippen LogP contribution in [0.15, 0.2) is 12.1 Å². The van der Waals surface area contributed by atoms with E-state index in [-0.39, 0.29) is 31.0 Å². The van der Waals surface area contributed by atoms with Crippen LogP contribution in [0.25, 0.3) is 0 Å². The minimum Gasteiger partial charge on any atom is -0.484 e. The number of nitrogens with one attached hydrogen (secondary N) is 2. The lowest BCUT2D eigenvalue weighted by Crippen LogP contribution is -2.49. The van der Waals surface area contributed by atoms with Gasteiger partial charge in [-0.1, -0.05) is 11.6 Å². The lowest BCUT2D eigenvalue weighted by molar-refractivity contribution is -0.134. The molecule has 0 unspecified atom stereocenters. The fourth-order valence-corrected chi connectivity index (χ4v) is 3.35. The first-order valence-electron chi connectivity index (χ1n) is 10.4. The Kier molecular flexibility index (Phi) is 8.56. The number of hydrogen-bond acceptors (Lipinski definition) is 5. The van der Waals surface area contributed by atoms with Crippen LogP contribution in [0.4, 0.5) is 4.79 Å². The van der Waals surface area contributed by atoms with Crippen LogP contribution in [0.1, 0.15) is 44.7 Å². The van der Waals surface area contributed by atoms with Gasteiger partial charge in [-0.2, -0.15) is 0 Å². The third-order valence-electron chi connectivity index (χ3n) is 4.78. The zero-order valence-electron chi connectivity index (χ0n) is 18.8. The largest absolute Gasteiger partial charge is 0.484 e. The molecule has 0 radical (unpaired) electrons. The van der Waals surface area contributed by atoms with Crippen molar-refractivity contribution in [3.63, 3.8) is 0 Å². The molecule has 1 aliphatic heterocycles. The van der Waals surface area contributed by atoms with E-state index < -0.39 is 11.7 Å². The summed E-state index contributed by atoms with van der Waals surface area (Å²) in [5.74, 6) is 0.237. The van der Waals surface area contributed by atoms with Crippen molar-refractivity contribution in [1.82, 2.24) is 15.5 Å². The molecular formula is C22H32ClN3O5. The second-order valence-electron chi connectivity index (χ2n) is 8.74. The van der Waals surface area contributed by atoms with Gasteiger partial charge in [-0.25, -0.2) is 4.79 Å². The van der Waals surface area contributed by atoms with E-state index in [0.29, 0.717) is 36.7 Å². The van der Waals surface area contributed by atoms with Crippen LogP contribution in [0.2, 0.25) is 5.02 Å². The van der Waals surface area contributed by atoms with Crippen LogP contribution in [0, 0.1) is 13.8 Å². The van der Waals surface area contributed by atoms with E-state index in [1.165, 1.54) is 0 Å². The molecule has 0 bridgehead atoms. The Labute approximate surface area is 188 Å². The van der Waals surface area contributed by atoms with Crippen molar-refractivity contribution in [2.45, 2.75) is 59.1 Å². The molecule has 8 nitrogen and oxygen atoms in total. The number of benzene rings is 1. The van der Waals surface area contributed by atoms with Gasteiger partial charge in [0.15, 0.2) is 6.61 Å². The van der Waals surface area contributed by atoms with Crippen molar-refractivity contribution in [3.8, 4) is 5.75 Å². The molecule has 0 spiro atoms. The van der Waals surface area contributed by atoms with Crippen LogP contribution in [-0.4, -0.2) is 60.7 Å². The number of alkyl carbamates (subject to hydrolysis) is 1. The Balaban J connectivity index is 1.70. The molecule has 0 aliphatic carbocycles. The van der Waals surface area contributed by atoms with Gasteiger partial charge in [0, 0.05) is 24.2 Å². The summed E-state index contributed by atoms with van der Waals surface area (Å²) in [4.78, 5) is 37.8. The number of carbonyl (C=O) groups excluding carboxylic acids is 3. The summed E-state index contributed by atoms with van der Waals surface area (Å²) < 4.78 is 10.7. The number of likely N-dealkylation sites (tertiary alicyclic amines) is 1. The summed E-state index contributed by atoms with van der Waals surface area (Å²) in [7, 11) is 0. The maximum Gasteiger partial charge on any atom is 0.408 e. The van der Waals surface area contributed by atoms with Gasteiger partial charge in [0.1, 0.15) is 17.9 Å². The van der Waals surface area contributed by atoms with E-state index in [1.54, 1.807) is 25.7 Å². The van der Waals surface area contributed by atoms with Crippen LogP contribution in [0.5, 0.6) is 5.75 Å². The van der Waals surface area contributed by atoms with Crippen molar-refractivity contribution in [3.05, 3.63) is 28.3 Å². The van der Waals surface area contributed by atoms with Crippen molar-refractivity contribution in [1.29, 1.82) is 0 Å². The highest BCUT2D eigenvalue weighted by Gasteiger charge is 2.24. The fourth-order valence-electron chi connectivity index (χ4n) is 3.24. The number of aryl methyl sites for hydroxylation is 2. The average molecular weight is 454 g/mol. The van der Waals surface area contributed by atoms with Gasteiger partial charge in [-0.15, -0.1) is 0 Å². The molecule has 1 heterocycles. The third kappa shape index (κ3) is 8.28. The quantitative estimate of drug-likeness (QED) is 0.690. The number of halogens is 1. The Morgan fingerprint density at radius 3 is 2.26 bits per heavy atom. The lowest BCUT2D eigenvalue weighted by atomic mass is 10.0. The lowest BCUT2D eigenvalue weighted by Gasteiger charge is -2.32. The van der Waals surface area contributed by atoms with Crippen LogP contribution >= 0.6 is 11.6 Å². The molecule has 0 aromatic heterocycles. The first-order chi connectivity index (χ1) is 14.4. The minimum absolute atomic E-state index is 0.0422. The van der Waals surface area contributed by atoms with Crippen LogP contribution in [-0.2, 0) is 14.3 Å². The summed E-state index contributed by atoms with van der Waals surface area (Å²) >= 11 is 6.16. The van der Waals surface area contributed by atoms with Gasteiger partial charge in [0.25, 0.3) is 5.91 Å². The Hall–Kier alpha value is -2.48. The predicted molar refractivity (Wildman–Crippen MR) is 118 cm³/mol. The molecule has 1 saturated heterocycles. The van der Waals surface area contributed by atoms with Crippen molar-refractivity contribution >= 4 is 29.5 Å². The predicted octanol–water partition coefficient (Wildman–Crippen LogP) is 2.97. The standard InChI is InChI=1S/C22H32ClN3O5/c1-14-10-17(11-15(2)20(14)23)30-13-19(28)26-8-6-16(7-9-26)25-18(27)12-24-21(29)31-22(3,4)5/h10-11,16H,6-9,12-13H2,1-5H3,(H,24,29)(H,25,27). The molecule has 172 valence electrons. The molecule has 1 aliphatic rings. The highest BCUT2D eigenvalue weighted by atomic mass is 35.5.